The number of hydrogen-bond donors (Lipinski definition) is 2. The quantitative estimate of drug-likeness (QED) is 0.804. The molecule has 2 rings (SSSR count). The van der Waals surface area contributed by atoms with Gasteiger partial charge in [0.1, 0.15) is 18.2 Å². The zero-order valence-corrected chi connectivity index (χ0v) is 10.1. The summed E-state index contributed by atoms with van der Waals surface area (Å²) in [5, 5.41) is 11.3. The molecular weight excluding hydrogens is 246 g/mol. The summed E-state index contributed by atoms with van der Waals surface area (Å²) >= 11 is 0. The maximum absolute atomic E-state index is 11.6. The summed E-state index contributed by atoms with van der Waals surface area (Å²) in [6.07, 6.45) is 0.943. The van der Waals surface area contributed by atoms with Crippen LogP contribution in [0.1, 0.15) is 23.8 Å². The average molecular weight is 259 g/mol. The molecule has 1 aromatic heterocycles. The third-order valence-electron chi connectivity index (χ3n) is 2.58. The Morgan fingerprint density at radius 1 is 1.16 bits per heavy atom. The van der Waals surface area contributed by atoms with Crippen molar-refractivity contribution >= 4 is 11.9 Å². The van der Waals surface area contributed by atoms with Gasteiger partial charge in [0, 0.05) is 0 Å². The van der Waals surface area contributed by atoms with E-state index in [1.54, 1.807) is 12.1 Å². The number of furan rings is 1. The van der Waals surface area contributed by atoms with E-state index < -0.39 is 24.3 Å². The molecule has 2 aromatic rings. The van der Waals surface area contributed by atoms with Crippen LogP contribution in [-0.2, 0) is 9.59 Å². The van der Waals surface area contributed by atoms with Crippen LogP contribution in [0, 0.1) is 0 Å². The Kier molecular flexibility index (Phi) is 3.97. The second kappa shape index (κ2) is 5.86. The fraction of sp³-hybridized carbons (Fsp3) is 0.143. The normalized spacial score (nSPS) is 11.8. The number of hydrogen-bond acceptors (Lipinski definition) is 3. The highest BCUT2D eigenvalue weighted by atomic mass is 16.4. The summed E-state index contributed by atoms with van der Waals surface area (Å²) in [6.45, 7) is 0. The number of rotatable bonds is 5. The SMILES string of the molecule is O=C(O)CC(=O)NC(c1ccccc1)c1ccco1. The molecule has 0 aliphatic heterocycles. The van der Waals surface area contributed by atoms with E-state index in [-0.39, 0.29) is 0 Å². The minimum Gasteiger partial charge on any atom is -0.481 e. The van der Waals surface area contributed by atoms with Gasteiger partial charge in [0.25, 0.3) is 0 Å². The van der Waals surface area contributed by atoms with Gasteiger partial charge in [0.05, 0.1) is 6.26 Å². The van der Waals surface area contributed by atoms with Gasteiger partial charge >= 0.3 is 5.97 Å². The molecule has 5 nitrogen and oxygen atoms in total. The minimum absolute atomic E-state index is 0.483. The molecule has 0 spiro atoms. The fourth-order valence-electron chi connectivity index (χ4n) is 1.77. The molecular formula is C14H13NO4. The molecule has 0 aliphatic carbocycles. The third kappa shape index (κ3) is 3.45. The van der Waals surface area contributed by atoms with E-state index in [2.05, 4.69) is 5.32 Å². The molecule has 0 saturated heterocycles. The molecule has 2 N–H and O–H groups in total. The number of carbonyl (C=O) groups is 2. The van der Waals surface area contributed by atoms with Gasteiger partial charge in [0.2, 0.25) is 5.91 Å². The number of carbonyl (C=O) groups excluding carboxylic acids is 1. The highest BCUT2D eigenvalue weighted by Gasteiger charge is 2.20. The third-order valence-corrected chi connectivity index (χ3v) is 2.58. The van der Waals surface area contributed by atoms with E-state index in [4.69, 9.17) is 9.52 Å². The molecule has 98 valence electrons. The van der Waals surface area contributed by atoms with Crippen LogP contribution < -0.4 is 5.32 Å². The second-order valence-corrected chi connectivity index (χ2v) is 4.00. The van der Waals surface area contributed by atoms with Crippen molar-refractivity contribution in [2.75, 3.05) is 0 Å². The molecule has 0 saturated carbocycles. The van der Waals surface area contributed by atoms with Crippen molar-refractivity contribution in [2.45, 2.75) is 12.5 Å². The summed E-state index contributed by atoms with van der Waals surface area (Å²) in [7, 11) is 0. The lowest BCUT2D eigenvalue weighted by atomic mass is 10.0. The Morgan fingerprint density at radius 3 is 2.47 bits per heavy atom. The van der Waals surface area contributed by atoms with E-state index in [1.807, 2.05) is 30.3 Å². The van der Waals surface area contributed by atoms with Crippen molar-refractivity contribution in [3.8, 4) is 0 Å². The van der Waals surface area contributed by atoms with Crippen LogP contribution in [0.2, 0.25) is 0 Å². The van der Waals surface area contributed by atoms with Gasteiger partial charge in [-0.05, 0) is 17.7 Å². The van der Waals surface area contributed by atoms with Crippen LogP contribution in [0.15, 0.2) is 53.1 Å². The van der Waals surface area contributed by atoms with Crippen LogP contribution >= 0.6 is 0 Å². The first-order valence-corrected chi connectivity index (χ1v) is 5.76. The predicted molar refractivity (Wildman–Crippen MR) is 67.4 cm³/mol. The lowest BCUT2D eigenvalue weighted by molar-refractivity contribution is -0.140. The first-order valence-electron chi connectivity index (χ1n) is 5.76. The van der Waals surface area contributed by atoms with Gasteiger partial charge in [-0.15, -0.1) is 0 Å². The molecule has 1 unspecified atom stereocenters. The zero-order valence-electron chi connectivity index (χ0n) is 10.1. The van der Waals surface area contributed by atoms with Crippen LogP contribution in [0.25, 0.3) is 0 Å². The molecule has 1 heterocycles. The number of aliphatic carboxylic acids is 1. The smallest absolute Gasteiger partial charge is 0.312 e. The van der Waals surface area contributed by atoms with Crippen molar-refractivity contribution in [1.29, 1.82) is 0 Å². The Labute approximate surface area is 109 Å². The van der Waals surface area contributed by atoms with Crippen LogP contribution in [0.4, 0.5) is 0 Å². The molecule has 1 amide bonds. The first-order chi connectivity index (χ1) is 9.16. The Bertz CT molecular complexity index is 548. The molecule has 5 heteroatoms. The van der Waals surface area contributed by atoms with E-state index in [1.165, 1.54) is 6.26 Å². The van der Waals surface area contributed by atoms with Crippen molar-refractivity contribution in [3.63, 3.8) is 0 Å². The maximum atomic E-state index is 11.6. The lowest BCUT2D eigenvalue weighted by Gasteiger charge is -2.16. The number of carboxylic acids is 1. The van der Waals surface area contributed by atoms with Crippen LogP contribution in [0.3, 0.4) is 0 Å². The number of benzene rings is 1. The van der Waals surface area contributed by atoms with Crippen molar-refractivity contribution in [3.05, 3.63) is 60.1 Å². The Hall–Kier alpha value is -2.56. The summed E-state index contributed by atoms with van der Waals surface area (Å²) in [5.74, 6) is -1.16. The van der Waals surface area contributed by atoms with E-state index in [0.29, 0.717) is 5.76 Å². The average Bonchev–Trinajstić information content (AvgIpc) is 2.90. The number of carboxylic acid groups (broad SMARTS) is 1. The molecule has 1 atom stereocenters. The molecule has 19 heavy (non-hydrogen) atoms. The van der Waals surface area contributed by atoms with Gasteiger partial charge in [-0.2, -0.15) is 0 Å². The minimum atomic E-state index is -1.16. The topological polar surface area (TPSA) is 79.5 Å². The molecule has 0 radical (unpaired) electrons. The van der Waals surface area contributed by atoms with Gasteiger partial charge < -0.3 is 14.8 Å². The molecule has 0 aliphatic rings. The van der Waals surface area contributed by atoms with Gasteiger partial charge in [0.15, 0.2) is 0 Å². The predicted octanol–water partition coefficient (Wildman–Crippen LogP) is 1.96. The highest BCUT2D eigenvalue weighted by Crippen LogP contribution is 2.22. The molecule has 1 aromatic carbocycles. The summed E-state index contributed by atoms with van der Waals surface area (Å²) in [6, 6.07) is 12.2. The Balaban J connectivity index is 2.21. The molecule has 0 fully saturated rings. The standard InChI is InChI=1S/C14H13NO4/c16-12(9-13(17)18)15-14(11-7-4-8-19-11)10-5-2-1-3-6-10/h1-8,14H,9H2,(H,15,16)(H,17,18). The second-order valence-electron chi connectivity index (χ2n) is 4.00. The largest absolute Gasteiger partial charge is 0.481 e. The summed E-state index contributed by atoms with van der Waals surface area (Å²) < 4.78 is 5.29. The number of nitrogens with one attached hydrogen (secondary N) is 1. The summed E-state index contributed by atoms with van der Waals surface area (Å²) in [5.41, 5.74) is 0.830. The van der Waals surface area contributed by atoms with Gasteiger partial charge in [-0.1, -0.05) is 30.3 Å². The molecule has 0 bridgehead atoms. The van der Waals surface area contributed by atoms with Gasteiger partial charge in [-0.25, -0.2) is 0 Å². The van der Waals surface area contributed by atoms with Crippen molar-refractivity contribution in [1.82, 2.24) is 5.32 Å². The lowest BCUT2D eigenvalue weighted by Crippen LogP contribution is -2.30. The highest BCUT2D eigenvalue weighted by molar-refractivity contribution is 5.93. The monoisotopic (exact) mass is 259 g/mol. The van der Waals surface area contributed by atoms with Crippen LogP contribution in [0.5, 0.6) is 0 Å². The number of amides is 1. The van der Waals surface area contributed by atoms with Gasteiger partial charge in [-0.3, -0.25) is 9.59 Å². The fourth-order valence-corrected chi connectivity index (χ4v) is 1.77. The van der Waals surface area contributed by atoms with Crippen LogP contribution in [-0.4, -0.2) is 17.0 Å². The maximum Gasteiger partial charge on any atom is 0.312 e. The van der Waals surface area contributed by atoms with Crippen molar-refractivity contribution in [2.24, 2.45) is 0 Å². The summed E-state index contributed by atoms with van der Waals surface area (Å²) in [4.78, 5) is 22.1. The Morgan fingerprint density at radius 2 is 1.89 bits per heavy atom. The van der Waals surface area contributed by atoms with E-state index >= 15 is 0 Å². The van der Waals surface area contributed by atoms with E-state index in [9.17, 15) is 9.59 Å². The zero-order chi connectivity index (χ0) is 13.7. The first kappa shape index (κ1) is 12.9. The van der Waals surface area contributed by atoms with Crippen molar-refractivity contribution < 1.29 is 19.1 Å². The van der Waals surface area contributed by atoms with E-state index in [0.717, 1.165) is 5.56 Å².